The van der Waals surface area contributed by atoms with E-state index in [0.717, 1.165) is 6.54 Å². The number of ether oxygens (including phenoxy) is 1. The molecule has 1 aromatic rings. The Balaban J connectivity index is 1.28. The van der Waals surface area contributed by atoms with Gasteiger partial charge in [-0.2, -0.15) is 0 Å². The van der Waals surface area contributed by atoms with Crippen LogP contribution in [0.5, 0.6) is 0 Å². The van der Waals surface area contributed by atoms with Crippen LogP contribution in [0.2, 0.25) is 0 Å². The summed E-state index contributed by atoms with van der Waals surface area (Å²) in [6.45, 7) is 1.04. The molecule has 1 spiro atoms. The molecule has 4 rings (SSSR count). The molecule has 0 aromatic heterocycles. The zero-order valence-electron chi connectivity index (χ0n) is 12.2. The number of hydrogen-bond donors (Lipinski definition) is 1. The molecule has 0 amide bonds. The third-order valence-corrected chi connectivity index (χ3v) is 5.54. The zero-order chi connectivity index (χ0) is 13.4. The van der Waals surface area contributed by atoms with Gasteiger partial charge in [0.2, 0.25) is 0 Å². The molecular weight excluding hydrogens is 246 g/mol. The smallest absolute Gasteiger partial charge is 0.0708 e. The van der Waals surface area contributed by atoms with Gasteiger partial charge in [-0.25, -0.2) is 0 Å². The van der Waals surface area contributed by atoms with Gasteiger partial charge in [-0.05, 0) is 49.7 Å². The first-order valence-corrected chi connectivity index (χ1v) is 8.31. The van der Waals surface area contributed by atoms with E-state index in [2.05, 4.69) is 29.6 Å². The van der Waals surface area contributed by atoms with Crippen LogP contribution in [-0.4, -0.2) is 24.3 Å². The standard InChI is InChI=1S/C18H25NO/c1-2-6-15-12-16(11-14(15)5-1)19-13-17-7-10-18(20-17)8-3-4-9-18/h1-2,5-6,16-17,19H,3-4,7-13H2. The maximum Gasteiger partial charge on any atom is 0.0708 e. The number of fused-ring (bicyclic) bond motifs is 1. The SMILES string of the molecule is c1ccc2c(c1)CC(NCC1CCC3(CCCC3)O1)C2. The fourth-order valence-corrected chi connectivity index (χ4v) is 4.43. The highest BCUT2D eigenvalue weighted by atomic mass is 16.5. The Morgan fingerprint density at radius 1 is 1.05 bits per heavy atom. The van der Waals surface area contributed by atoms with Crippen molar-refractivity contribution in [2.75, 3.05) is 6.54 Å². The summed E-state index contributed by atoms with van der Waals surface area (Å²) in [4.78, 5) is 0. The third kappa shape index (κ3) is 2.40. The molecule has 1 saturated heterocycles. The summed E-state index contributed by atoms with van der Waals surface area (Å²) < 4.78 is 6.38. The molecule has 2 aliphatic carbocycles. The lowest BCUT2D eigenvalue weighted by Gasteiger charge is -2.24. The van der Waals surface area contributed by atoms with Crippen LogP contribution < -0.4 is 5.32 Å². The monoisotopic (exact) mass is 271 g/mol. The molecule has 1 saturated carbocycles. The van der Waals surface area contributed by atoms with Gasteiger partial charge in [-0.15, -0.1) is 0 Å². The van der Waals surface area contributed by atoms with Gasteiger partial charge in [-0.3, -0.25) is 0 Å². The van der Waals surface area contributed by atoms with Crippen LogP contribution in [0.1, 0.15) is 49.7 Å². The van der Waals surface area contributed by atoms with Crippen LogP contribution in [0.15, 0.2) is 24.3 Å². The Bertz CT molecular complexity index is 453. The molecule has 3 aliphatic rings. The van der Waals surface area contributed by atoms with Crippen LogP contribution in [-0.2, 0) is 17.6 Å². The summed E-state index contributed by atoms with van der Waals surface area (Å²) in [6, 6.07) is 9.49. The number of nitrogens with one attached hydrogen (secondary N) is 1. The first-order valence-electron chi connectivity index (χ1n) is 8.31. The summed E-state index contributed by atoms with van der Waals surface area (Å²) in [5, 5.41) is 3.75. The largest absolute Gasteiger partial charge is 0.370 e. The second-order valence-corrected chi connectivity index (χ2v) is 6.95. The van der Waals surface area contributed by atoms with E-state index in [1.807, 2.05) is 0 Å². The molecule has 1 heterocycles. The van der Waals surface area contributed by atoms with Crippen LogP contribution >= 0.6 is 0 Å². The van der Waals surface area contributed by atoms with Crippen LogP contribution in [0.3, 0.4) is 0 Å². The Morgan fingerprint density at radius 2 is 1.75 bits per heavy atom. The molecule has 1 atom stereocenters. The fraction of sp³-hybridized carbons (Fsp3) is 0.667. The molecule has 108 valence electrons. The van der Waals surface area contributed by atoms with Gasteiger partial charge in [0.15, 0.2) is 0 Å². The van der Waals surface area contributed by atoms with Gasteiger partial charge in [0.1, 0.15) is 0 Å². The molecule has 1 aromatic carbocycles. The lowest BCUT2D eigenvalue weighted by molar-refractivity contribution is -0.0358. The summed E-state index contributed by atoms with van der Waals surface area (Å²) in [7, 11) is 0. The van der Waals surface area contributed by atoms with Crippen LogP contribution in [0, 0.1) is 0 Å². The third-order valence-electron chi connectivity index (χ3n) is 5.54. The molecule has 1 unspecified atom stereocenters. The van der Waals surface area contributed by atoms with Crippen molar-refractivity contribution in [2.45, 2.75) is 69.1 Å². The summed E-state index contributed by atoms with van der Waals surface area (Å²) in [6.07, 6.45) is 10.7. The minimum Gasteiger partial charge on any atom is -0.370 e. The number of rotatable bonds is 3. The zero-order valence-corrected chi connectivity index (χ0v) is 12.2. The average molecular weight is 271 g/mol. The number of hydrogen-bond acceptors (Lipinski definition) is 2. The maximum absolute atomic E-state index is 6.38. The molecular formula is C18H25NO. The predicted molar refractivity (Wildman–Crippen MR) is 80.9 cm³/mol. The molecule has 2 nitrogen and oxygen atoms in total. The highest BCUT2D eigenvalue weighted by Gasteiger charge is 2.42. The topological polar surface area (TPSA) is 21.3 Å². The van der Waals surface area contributed by atoms with E-state index in [-0.39, 0.29) is 5.60 Å². The second kappa shape index (κ2) is 5.16. The molecule has 0 radical (unpaired) electrons. The number of benzene rings is 1. The van der Waals surface area contributed by atoms with Gasteiger partial charge in [0, 0.05) is 12.6 Å². The van der Waals surface area contributed by atoms with Gasteiger partial charge < -0.3 is 10.1 Å². The van der Waals surface area contributed by atoms with Gasteiger partial charge in [-0.1, -0.05) is 37.1 Å². The molecule has 2 heteroatoms. The first kappa shape index (κ1) is 12.8. The van der Waals surface area contributed by atoms with Crippen molar-refractivity contribution < 1.29 is 4.74 Å². The predicted octanol–water partition coefficient (Wildman–Crippen LogP) is 3.24. The molecule has 1 aliphatic heterocycles. The molecule has 1 N–H and O–H groups in total. The van der Waals surface area contributed by atoms with Crippen LogP contribution in [0.4, 0.5) is 0 Å². The summed E-state index contributed by atoms with van der Waals surface area (Å²) in [5.74, 6) is 0. The van der Waals surface area contributed by atoms with E-state index in [1.54, 1.807) is 0 Å². The van der Waals surface area contributed by atoms with E-state index < -0.39 is 0 Å². The minimum absolute atomic E-state index is 0.283. The maximum atomic E-state index is 6.38. The van der Waals surface area contributed by atoms with Crippen molar-refractivity contribution in [2.24, 2.45) is 0 Å². The summed E-state index contributed by atoms with van der Waals surface area (Å²) >= 11 is 0. The van der Waals surface area contributed by atoms with Crippen molar-refractivity contribution in [3.05, 3.63) is 35.4 Å². The quantitative estimate of drug-likeness (QED) is 0.911. The van der Waals surface area contributed by atoms with Gasteiger partial charge >= 0.3 is 0 Å². The normalized spacial score (nSPS) is 28.3. The molecule has 0 bridgehead atoms. The van der Waals surface area contributed by atoms with Crippen molar-refractivity contribution in [1.82, 2.24) is 5.32 Å². The average Bonchev–Trinajstić information content (AvgIpc) is 3.18. The van der Waals surface area contributed by atoms with Gasteiger partial charge in [0.05, 0.1) is 11.7 Å². The molecule has 20 heavy (non-hydrogen) atoms. The van der Waals surface area contributed by atoms with E-state index in [0.29, 0.717) is 12.1 Å². The van der Waals surface area contributed by atoms with Crippen molar-refractivity contribution in [3.8, 4) is 0 Å². The van der Waals surface area contributed by atoms with E-state index in [4.69, 9.17) is 4.74 Å². The Hall–Kier alpha value is -0.860. The van der Waals surface area contributed by atoms with E-state index in [1.165, 1.54) is 62.5 Å². The van der Waals surface area contributed by atoms with E-state index >= 15 is 0 Å². The Labute approximate surface area is 121 Å². The Kier molecular flexibility index (Phi) is 3.31. The lowest BCUT2D eigenvalue weighted by atomic mass is 9.98. The van der Waals surface area contributed by atoms with Gasteiger partial charge in [0.25, 0.3) is 0 Å². The van der Waals surface area contributed by atoms with E-state index in [9.17, 15) is 0 Å². The summed E-state index contributed by atoms with van der Waals surface area (Å²) in [5.41, 5.74) is 3.35. The Morgan fingerprint density at radius 3 is 2.45 bits per heavy atom. The fourth-order valence-electron chi connectivity index (χ4n) is 4.43. The second-order valence-electron chi connectivity index (χ2n) is 6.95. The van der Waals surface area contributed by atoms with Crippen molar-refractivity contribution in [1.29, 1.82) is 0 Å². The lowest BCUT2D eigenvalue weighted by Crippen LogP contribution is -2.37. The molecule has 2 fully saturated rings. The van der Waals surface area contributed by atoms with Crippen molar-refractivity contribution >= 4 is 0 Å². The van der Waals surface area contributed by atoms with Crippen LogP contribution in [0.25, 0.3) is 0 Å². The first-order chi connectivity index (χ1) is 9.83. The highest BCUT2D eigenvalue weighted by Crippen LogP contribution is 2.43. The highest BCUT2D eigenvalue weighted by molar-refractivity contribution is 5.33. The van der Waals surface area contributed by atoms with Crippen molar-refractivity contribution in [3.63, 3.8) is 0 Å². The minimum atomic E-state index is 0.283.